The highest BCUT2D eigenvalue weighted by molar-refractivity contribution is 5.92. The maximum atomic E-state index is 5.70. The molecule has 2 aromatic carbocycles. The van der Waals surface area contributed by atoms with Crippen LogP contribution >= 0.6 is 0 Å². The number of hydrogen-bond acceptors (Lipinski definition) is 5. The van der Waals surface area contributed by atoms with Crippen LogP contribution < -0.4 is 14.4 Å². The fourth-order valence-electron chi connectivity index (χ4n) is 6.43. The zero-order valence-electron chi connectivity index (χ0n) is 16.9. The van der Waals surface area contributed by atoms with E-state index in [1.165, 1.54) is 42.3 Å². The van der Waals surface area contributed by atoms with Crippen molar-refractivity contribution in [1.29, 1.82) is 0 Å². The van der Waals surface area contributed by atoms with Crippen molar-refractivity contribution in [3.8, 4) is 11.5 Å². The quantitative estimate of drug-likeness (QED) is 0.650. The van der Waals surface area contributed by atoms with Crippen molar-refractivity contribution in [2.45, 2.75) is 30.8 Å². The maximum Gasteiger partial charge on any atom is 0.231 e. The molecule has 6 heterocycles. The maximum absolute atomic E-state index is 5.70. The van der Waals surface area contributed by atoms with Gasteiger partial charge in [-0.15, -0.1) is 0 Å². The molecule has 5 nitrogen and oxygen atoms in total. The van der Waals surface area contributed by atoms with Gasteiger partial charge in [0.2, 0.25) is 6.79 Å². The second-order valence-electron chi connectivity index (χ2n) is 9.08. The summed E-state index contributed by atoms with van der Waals surface area (Å²) in [6, 6.07) is 18.4. The molecule has 0 unspecified atom stereocenters. The third kappa shape index (κ3) is 2.36. The van der Waals surface area contributed by atoms with Crippen molar-refractivity contribution in [3.63, 3.8) is 0 Å². The van der Waals surface area contributed by atoms with Gasteiger partial charge in [-0.3, -0.25) is 4.90 Å². The Morgan fingerprint density at radius 2 is 1.77 bits per heavy atom. The van der Waals surface area contributed by atoms with Gasteiger partial charge in [-0.05, 0) is 61.0 Å². The van der Waals surface area contributed by atoms with Crippen molar-refractivity contribution in [1.82, 2.24) is 9.88 Å². The van der Waals surface area contributed by atoms with Crippen LogP contribution in [0.5, 0.6) is 11.5 Å². The molecule has 0 aliphatic carbocycles. The number of piperidine rings is 3. The molecule has 5 aliphatic rings. The van der Waals surface area contributed by atoms with Gasteiger partial charge in [-0.1, -0.05) is 30.3 Å². The fourth-order valence-corrected chi connectivity index (χ4v) is 6.43. The standard InChI is InChI=1S/C25H25N3O2/c1-2-4-19-16(3-1)7-10-26-25(19)28-14-20(18-5-6-21-22(13-18)30-15-29-21)24-23(28)17-8-11-27(24)12-9-17/h1-7,10,13,17,20,23-24H,8-9,11-12,14-15H2/t20-,23+,24+/m1/s1. The van der Waals surface area contributed by atoms with Crippen molar-refractivity contribution in [2.75, 3.05) is 31.3 Å². The molecule has 0 radical (unpaired) electrons. The summed E-state index contributed by atoms with van der Waals surface area (Å²) < 4.78 is 11.3. The van der Waals surface area contributed by atoms with Crippen LogP contribution in [0.3, 0.4) is 0 Å². The Morgan fingerprint density at radius 1 is 0.900 bits per heavy atom. The highest BCUT2D eigenvalue weighted by atomic mass is 16.7. The van der Waals surface area contributed by atoms with E-state index < -0.39 is 0 Å². The van der Waals surface area contributed by atoms with E-state index >= 15 is 0 Å². The van der Waals surface area contributed by atoms with Crippen LogP contribution in [0.2, 0.25) is 0 Å². The van der Waals surface area contributed by atoms with Crippen LogP contribution in [0.1, 0.15) is 24.3 Å². The topological polar surface area (TPSA) is 37.8 Å². The number of ether oxygens (including phenoxy) is 2. The molecule has 30 heavy (non-hydrogen) atoms. The largest absolute Gasteiger partial charge is 0.454 e. The second-order valence-corrected chi connectivity index (χ2v) is 9.08. The van der Waals surface area contributed by atoms with Gasteiger partial charge in [0.05, 0.1) is 0 Å². The normalized spacial score (nSPS) is 31.3. The summed E-state index contributed by atoms with van der Waals surface area (Å²) in [6.07, 6.45) is 4.58. The lowest BCUT2D eigenvalue weighted by molar-refractivity contribution is 0.0355. The minimum absolute atomic E-state index is 0.329. The van der Waals surface area contributed by atoms with Gasteiger partial charge in [0.15, 0.2) is 11.5 Å². The number of benzene rings is 2. The molecule has 3 atom stereocenters. The summed E-state index contributed by atoms with van der Waals surface area (Å²) in [5, 5.41) is 2.54. The Labute approximate surface area is 176 Å². The molecule has 5 aliphatic heterocycles. The molecule has 0 saturated carbocycles. The van der Waals surface area contributed by atoms with Gasteiger partial charge in [-0.2, -0.15) is 0 Å². The SMILES string of the molecule is c1ccc2c(N3C[C@H](c4ccc5c(c4)OCO5)[C@H]4[C@@H]3C3CCN4CC3)nccc2c1. The third-order valence-corrected chi connectivity index (χ3v) is 7.74. The van der Waals surface area contributed by atoms with Gasteiger partial charge < -0.3 is 14.4 Å². The van der Waals surface area contributed by atoms with Crippen LogP contribution in [-0.4, -0.2) is 48.4 Å². The van der Waals surface area contributed by atoms with Crippen LogP contribution in [0.25, 0.3) is 10.8 Å². The first-order valence-electron chi connectivity index (χ1n) is 11.1. The lowest BCUT2D eigenvalue weighted by Gasteiger charge is -2.51. The molecule has 5 heteroatoms. The summed E-state index contributed by atoms with van der Waals surface area (Å²) in [7, 11) is 0. The molecule has 4 fully saturated rings. The first-order valence-corrected chi connectivity index (χ1v) is 11.1. The number of rotatable bonds is 2. The molecular weight excluding hydrogens is 374 g/mol. The molecule has 4 saturated heterocycles. The minimum Gasteiger partial charge on any atom is -0.454 e. The number of nitrogens with zero attached hydrogens (tertiary/aromatic N) is 3. The lowest BCUT2D eigenvalue weighted by atomic mass is 9.75. The van der Waals surface area contributed by atoms with E-state index in [2.05, 4.69) is 58.3 Å². The fraction of sp³-hybridized carbons (Fsp3) is 0.400. The Morgan fingerprint density at radius 3 is 2.70 bits per heavy atom. The minimum atomic E-state index is 0.329. The molecule has 1 aromatic heterocycles. The molecule has 152 valence electrons. The first-order chi connectivity index (χ1) is 14.9. The second kappa shape index (κ2) is 6.35. The predicted octanol–water partition coefficient (Wildman–Crippen LogP) is 4.03. The van der Waals surface area contributed by atoms with Gasteiger partial charge >= 0.3 is 0 Å². The van der Waals surface area contributed by atoms with E-state index in [-0.39, 0.29) is 0 Å². The summed E-state index contributed by atoms with van der Waals surface area (Å²) in [6.45, 7) is 3.78. The van der Waals surface area contributed by atoms with Gasteiger partial charge in [0.1, 0.15) is 5.82 Å². The smallest absolute Gasteiger partial charge is 0.231 e. The molecule has 0 amide bonds. The van der Waals surface area contributed by atoms with Crippen molar-refractivity contribution >= 4 is 16.6 Å². The van der Waals surface area contributed by atoms with E-state index in [0.717, 1.165) is 29.8 Å². The van der Waals surface area contributed by atoms with E-state index in [4.69, 9.17) is 14.5 Å². The molecule has 0 spiro atoms. The molecule has 8 rings (SSSR count). The average molecular weight is 399 g/mol. The zero-order valence-corrected chi connectivity index (χ0v) is 16.9. The van der Waals surface area contributed by atoms with Crippen LogP contribution in [0.4, 0.5) is 5.82 Å². The van der Waals surface area contributed by atoms with E-state index in [9.17, 15) is 0 Å². The monoisotopic (exact) mass is 399 g/mol. The summed E-state index contributed by atoms with van der Waals surface area (Å²) in [5.74, 6) is 4.11. The number of pyridine rings is 1. The summed E-state index contributed by atoms with van der Waals surface area (Å²) >= 11 is 0. The Hall–Kier alpha value is -2.79. The highest BCUT2D eigenvalue weighted by Crippen LogP contribution is 2.49. The van der Waals surface area contributed by atoms with E-state index in [0.29, 0.717) is 24.8 Å². The van der Waals surface area contributed by atoms with E-state index in [1.54, 1.807) is 0 Å². The van der Waals surface area contributed by atoms with Crippen LogP contribution in [-0.2, 0) is 0 Å². The van der Waals surface area contributed by atoms with Crippen LogP contribution in [0.15, 0.2) is 54.7 Å². The number of hydrogen-bond donors (Lipinski definition) is 0. The summed E-state index contributed by atoms with van der Waals surface area (Å²) in [4.78, 5) is 10.3. The first kappa shape index (κ1) is 16.9. The van der Waals surface area contributed by atoms with Gasteiger partial charge in [0, 0.05) is 36.1 Å². The van der Waals surface area contributed by atoms with Crippen molar-refractivity contribution in [2.24, 2.45) is 5.92 Å². The molecule has 2 bridgehead atoms. The molecule has 0 N–H and O–H groups in total. The van der Waals surface area contributed by atoms with E-state index in [1.807, 2.05) is 6.20 Å². The molecule has 3 aromatic rings. The van der Waals surface area contributed by atoms with Gasteiger partial charge in [-0.25, -0.2) is 4.98 Å². The van der Waals surface area contributed by atoms with Crippen molar-refractivity contribution in [3.05, 3.63) is 60.3 Å². The Balaban J connectivity index is 1.35. The Kier molecular flexibility index (Phi) is 3.59. The summed E-state index contributed by atoms with van der Waals surface area (Å²) in [5.41, 5.74) is 1.37. The van der Waals surface area contributed by atoms with Crippen LogP contribution in [0, 0.1) is 5.92 Å². The highest BCUT2D eigenvalue weighted by Gasteiger charge is 2.54. The lowest BCUT2D eigenvalue weighted by Crippen LogP contribution is -2.60. The average Bonchev–Trinajstić information content (AvgIpc) is 3.45. The van der Waals surface area contributed by atoms with Gasteiger partial charge in [0.25, 0.3) is 0 Å². The Bertz CT molecular complexity index is 1120. The predicted molar refractivity (Wildman–Crippen MR) is 116 cm³/mol. The number of aromatic nitrogens is 1. The number of fused-ring (bicyclic) bond motifs is 4. The molecular formula is C25H25N3O2. The zero-order chi connectivity index (χ0) is 19.7. The number of anilines is 1. The van der Waals surface area contributed by atoms with Crippen molar-refractivity contribution < 1.29 is 9.47 Å². The third-order valence-electron chi connectivity index (χ3n) is 7.74.